The van der Waals surface area contributed by atoms with E-state index in [4.69, 9.17) is 10.5 Å². The second-order valence-electron chi connectivity index (χ2n) is 5.51. The summed E-state index contributed by atoms with van der Waals surface area (Å²) in [6.07, 6.45) is 0.860. The third-order valence-corrected chi connectivity index (χ3v) is 4.79. The van der Waals surface area contributed by atoms with E-state index < -0.39 is 10.0 Å². The van der Waals surface area contributed by atoms with Crippen LogP contribution < -0.4 is 10.5 Å². The lowest BCUT2D eigenvalue weighted by Gasteiger charge is -2.20. The van der Waals surface area contributed by atoms with Crippen LogP contribution in [0.2, 0.25) is 0 Å². The van der Waals surface area contributed by atoms with Crippen LogP contribution in [-0.4, -0.2) is 32.9 Å². The van der Waals surface area contributed by atoms with Crippen LogP contribution in [0.3, 0.4) is 0 Å². The zero-order chi connectivity index (χ0) is 15.5. The number of sulfonamides is 1. The molecule has 0 amide bonds. The topological polar surface area (TPSA) is 72.6 Å². The van der Waals surface area contributed by atoms with Crippen LogP contribution in [0.4, 0.5) is 5.69 Å². The van der Waals surface area contributed by atoms with Crippen molar-refractivity contribution in [3.8, 4) is 5.75 Å². The average Bonchev–Trinajstić information content (AvgIpc) is 2.30. The Balaban J connectivity index is 3.08. The van der Waals surface area contributed by atoms with Crippen LogP contribution >= 0.6 is 0 Å². The molecular formula is C14H24N2O3S. The first-order chi connectivity index (χ1) is 9.16. The molecule has 0 bridgehead atoms. The quantitative estimate of drug-likeness (QED) is 0.818. The predicted octanol–water partition coefficient (Wildman–Crippen LogP) is 2.33. The smallest absolute Gasteiger partial charge is 0.244 e. The van der Waals surface area contributed by atoms with Crippen LogP contribution in [0, 0.1) is 5.92 Å². The van der Waals surface area contributed by atoms with Gasteiger partial charge in [0.05, 0.1) is 11.8 Å². The van der Waals surface area contributed by atoms with Gasteiger partial charge in [-0.05, 0) is 31.4 Å². The maximum atomic E-state index is 12.2. The lowest BCUT2D eigenvalue weighted by atomic mass is 10.1. The fraction of sp³-hybridized carbons (Fsp3) is 0.571. The fourth-order valence-corrected chi connectivity index (χ4v) is 3.00. The Morgan fingerprint density at radius 2 is 1.85 bits per heavy atom. The average molecular weight is 300 g/mol. The number of anilines is 1. The SMILES string of the molecule is CC(C)CC(C)Oc1cccc(S(=O)(=O)N(C)C)c1N. The molecule has 20 heavy (non-hydrogen) atoms. The number of nitrogens with zero attached hydrogens (tertiary/aromatic N) is 1. The zero-order valence-corrected chi connectivity index (χ0v) is 13.6. The van der Waals surface area contributed by atoms with Crippen molar-refractivity contribution in [2.75, 3.05) is 19.8 Å². The molecule has 1 aromatic carbocycles. The summed E-state index contributed by atoms with van der Waals surface area (Å²) in [5.74, 6) is 0.918. The molecule has 1 unspecified atom stereocenters. The second-order valence-corrected chi connectivity index (χ2v) is 7.63. The van der Waals surface area contributed by atoms with Crippen LogP contribution in [0.1, 0.15) is 27.2 Å². The highest BCUT2D eigenvalue weighted by atomic mass is 32.2. The molecule has 0 saturated heterocycles. The Hall–Kier alpha value is -1.27. The number of benzene rings is 1. The van der Waals surface area contributed by atoms with E-state index in [2.05, 4.69) is 13.8 Å². The van der Waals surface area contributed by atoms with Crippen molar-refractivity contribution >= 4 is 15.7 Å². The Labute approximate surface area is 121 Å². The number of rotatable bonds is 6. The Kier molecular flexibility index (Phi) is 5.42. The number of para-hydroxylation sites is 1. The molecule has 0 spiro atoms. The number of ether oxygens (including phenoxy) is 1. The van der Waals surface area contributed by atoms with Crippen molar-refractivity contribution in [1.82, 2.24) is 4.31 Å². The highest BCUT2D eigenvalue weighted by Crippen LogP contribution is 2.31. The largest absolute Gasteiger partial charge is 0.489 e. The van der Waals surface area contributed by atoms with Gasteiger partial charge in [0.2, 0.25) is 10.0 Å². The van der Waals surface area contributed by atoms with Gasteiger partial charge >= 0.3 is 0 Å². The molecule has 0 aliphatic carbocycles. The van der Waals surface area contributed by atoms with E-state index >= 15 is 0 Å². The summed E-state index contributed by atoms with van der Waals surface area (Å²) in [5, 5.41) is 0. The third kappa shape index (κ3) is 3.86. The van der Waals surface area contributed by atoms with E-state index in [9.17, 15) is 8.42 Å². The van der Waals surface area contributed by atoms with Crippen LogP contribution in [0.15, 0.2) is 23.1 Å². The van der Waals surface area contributed by atoms with Crippen molar-refractivity contribution < 1.29 is 13.2 Å². The monoisotopic (exact) mass is 300 g/mol. The molecule has 1 aromatic rings. The molecule has 0 heterocycles. The number of hydrogen-bond acceptors (Lipinski definition) is 4. The van der Waals surface area contributed by atoms with Gasteiger partial charge in [-0.2, -0.15) is 0 Å². The van der Waals surface area contributed by atoms with Crippen molar-refractivity contribution in [3.05, 3.63) is 18.2 Å². The van der Waals surface area contributed by atoms with Gasteiger partial charge in [0, 0.05) is 14.1 Å². The van der Waals surface area contributed by atoms with Gasteiger partial charge in [-0.3, -0.25) is 0 Å². The third-order valence-electron chi connectivity index (χ3n) is 2.92. The maximum Gasteiger partial charge on any atom is 0.244 e. The molecule has 0 radical (unpaired) electrons. The van der Waals surface area contributed by atoms with E-state index in [-0.39, 0.29) is 16.7 Å². The van der Waals surface area contributed by atoms with Crippen LogP contribution in [-0.2, 0) is 10.0 Å². The highest BCUT2D eigenvalue weighted by molar-refractivity contribution is 7.89. The summed E-state index contributed by atoms with van der Waals surface area (Å²) >= 11 is 0. The first kappa shape index (κ1) is 16.8. The molecule has 0 aliphatic rings. The first-order valence-corrected chi connectivity index (χ1v) is 8.08. The molecule has 0 saturated carbocycles. The van der Waals surface area contributed by atoms with Crippen LogP contribution in [0.25, 0.3) is 0 Å². The van der Waals surface area contributed by atoms with E-state index in [1.807, 2.05) is 6.92 Å². The Morgan fingerprint density at radius 1 is 1.25 bits per heavy atom. The lowest BCUT2D eigenvalue weighted by molar-refractivity contribution is 0.194. The highest BCUT2D eigenvalue weighted by Gasteiger charge is 2.22. The van der Waals surface area contributed by atoms with Crippen molar-refractivity contribution in [1.29, 1.82) is 0 Å². The normalized spacial score (nSPS) is 13.8. The molecule has 0 aliphatic heterocycles. The molecular weight excluding hydrogens is 276 g/mol. The Morgan fingerprint density at radius 3 is 2.35 bits per heavy atom. The summed E-state index contributed by atoms with van der Waals surface area (Å²) in [7, 11) is -0.609. The van der Waals surface area contributed by atoms with E-state index in [0.717, 1.165) is 10.7 Å². The lowest BCUT2D eigenvalue weighted by Crippen LogP contribution is -2.23. The van der Waals surface area contributed by atoms with E-state index in [1.165, 1.54) is 20.2 Å². The first-order valence-electron chi connectivity index (χ1n) is 6.64. The molecule has 1 atom stereocenters. The van der Waals surface area contributed by atoms with Gasteiger partial charge < -0.3 is 10.5 Å². The summed E-state index contributed by atoms with van der Waals surface area (Å²) < 4.78 is 31.2. The van der Waals surface area contributed by atoms with Crippen molar-refractivity contribution in [3.63, 3.8) is 0 Å². The van der Waals surface area contributed by atoms with Crippen molar-refractivity contribution in [2.24, 2.45) is 5.92 Å². The zero-order valence-electron chi connectivity index (χ0n) is 12.8. The minimum atomic E-state index is -3.56. The maximum absolute atomic E-state index is 12.2. The van der Waals surface area contributed by atoms with Gasteiger partial charge in [-0.1, -0.05) is 19.9 Å². The van der Waals surface area contributed by atoms with Gasteiger partial charge in [-0.25, -0.2) is 12.7 Å². The summed E-state index contributed by atoms with van der Waals surface area (Å²) in [5.41, 5.74) is 6.12. The summed E-state index contributed by atoms with van der Waals surface area (Å²) in [6, 6.07) is 4.83. The van der Waals surface area contributed by atoms with Gasteiger partial charge in [0.25, 0.3) is 0 Å². The molecule has 0 fully saturated rings. The standard InChI is InChI=1S/C14H24N2O3S/c1-10(2)9-11(3)19-12-7-6-8-13(14(12)15)20(17,18)16(4)5/h6-8,10-11H,9,15H2,1-5H3. The Bertz CT molecular complexity index is 554. The minimum absolute atomic E-state index is 0.0189. The number of hydrogen-bond donors (Lipinski definition) is 1. The molecule has 1 rings (SSSR count). The van der Waals surface area contributed by atoms with E-state index in [1.54, 1.807) is 12.1 Å². The predicted molar refractivity (Wildman–Crippen MR) is 81.3 cm³/mol. The second kappa shape index (κ2) is 6.45. The molecule has 114 valence electrons. The fourth-order valence-electron chi connectivity index (χ4n) is 1.98. The van der Waals surface area contributed by atoms with Gasteiger partial charge in [-0.15, -0.1) is 0 Å². The van der Waals surface area contributed by atoms with E-state index in [0.29, 0.717) is 11.7 Å². The number of nitrogens with two attached hydrogens (primary N) is 1. The minimum Gasteiger partial charge on any atom is -0.489 e. The molecule has 2 N–H and O–H groups in total. The van der Waals surface area contributed by atoms with Crippen molar-refractivity contribution in [2.45, 2.75) is 38.2 Å². The van der Waals surface area contributed by atoms with Gasteiger partial charge in [0.15, 0.2) is 0 Å². The summed E-state index contributed by atoms with van der Waals surface area (Å²) in [6.45, 7) is 6.17. The summed E-state index contributed by atoms with van der Waals surface area (Å²) in [4.78, 5) is 0.0803. The molecule has 5 nitrogen and oxygen atoms in total. The molecule has 0 aromatic heterocycles. The molecule has 6 heteroatoms. The van der Waals surface area contributed by atoms with Crippen LogP contribution in [0.5, 0.6) is 5.75 Å². The van der Waals surface area contributed by atoms with Gasteiger partial charge in [0.1, 0.15) is 10.6 Å². The number of nitrogen functional groups attached to an aromatic ring is 1.